The number of nitrogens with one attached hydrogen (secondary N) is 2. The summed E-state index contributed by atoms with van der Waals surface area (Å²) >= 11 is 1.65. The molecule has 0 aliphatic carbocycles. The summed E-state index contributed by atoms with van der Waals surface area (Å²) in [7, 11) is 0. The van der Waals surface area contributed by atoms with Crippen LogP contribution >= 0.6 is 11.3 Å². The SMILES string of the molecule is O=c1ccc(-c2ccc(Cc3ncc[nH]3)s2)n[nH]1. The van der Waals surface area contributed by atoms with E-state index in [1.165, 1.54) is 10.9 Å². The maximum absolute atomic E-state index is 10.9. The molecule has 0 spiro atoms. The van der Waals surface area contributed by atoms with E-state index in [4.69, 9.17) is 0 Å². The average molecular weight is 258 g/mol. The molecule has 0 amide bonds. The van der Waals surface area contributed by atoms with E-state index in [1.54, 1.807) is 23.6 Å². The van der Waals surface area contributed by atoms with Crippen LogP contribution in [-0.2, 0) is 6.42 Å². The molecule has 3 aromatic rings. The van der Waals surface area contributed by atoms with Gasteiger partial charge in [0.05, 0.1) is 4.88 Å². The fraction of sp³-hybridized carbons (Fsp3) is 0.0833. The number of aromatic nitrogens is 4. The van der Waals surface area contributed by atoms with E-state index in [0.29, 0.717) is 0 Å². The minimum Gasteiger partial charge on any atom is -0.348 e. The molecule has 0 atom stereocenters. The third-order valence-electron chi connectivity index (χ3n) is 2.49. The third kappa shape index (κ3) is 2.23. The standard InChI is InChI=1S/C12H10N4OS/c17-12-4-2-9(15-16-12)10-3-1-8(18-10)7-11-13-5-6-14-11/h1-6H,7H2,(H,13,14)(H,16,17). The number of imidazole rings is 1. The first kappa shape index (κ1) is 10.9. The summed E-state index contributed by atoms with van der Waals surface area (Å²) < 4.78 is 0. The summed E-state index contributed by atoms with van der Waals surface area (Å²) in [6.07, 6.45) is 4.34. The molecule has 0 radical (unpaired) electrons. The van der Waals surface area contributed by atoms with Crippen LogP contribution in [0.25, 0.3) is 10.6 Å². The second-order valence-electron chi connectivity index (χ2n) is 3.79. The quantitative estimate of drug-likeness (QED) is 0.752. The smallest absolute Gasteiger partial charge is 0.264 e. The van der Waals surface area contributed by atoms with Gasteiger partial charge in [-0.05, 0) is 18.2 Å². The van der Waals surface area contributed by atoms with Crippen molar-refractivity contribution in [3.63, 3.8) is 0 Å². The molecule has 90 valence electrons. The van der Waals surface area contributed by atoms with Gasteiger partial charge in [0.1, 0.15) is 11.5 Å². The molecule has 3 aromatic heterocycles. The van der Waals surface area contributed by atoms with Gasteiger partial charge in [-0.2, -0.15) is 5.10 Å². The van der Waals surface area contributed by atoms with Crippen LogP contribution in [0.2, 0.25) is 0 Å². The van der Waals surface area contributed by atoms with Gasteiger partial charge in [-0.3, -0.25) is 4.79 Å². The van der Waals surface area contributed by atoms with Gasteiger partial charge in [-0.25, -0.2) is 10.1 Å². The highest BCUT2D eigenvalue weighted by Crippen LogP contribution is 2.26. The molecule has 0 aliphatic heterocycles. The predicted octanol–water partition coefficient (Wildman–Crippen LogP) is 1.81. The van der Waals surface area contributed by atoms with Crippen molar-refractivity contribution in [1.29, 1.82) is 0 Å². The highest BCUT2D eigenvalue weighted by Gasteiger charge is 2.06. The zero-order chi connectivity index (χ0) is 12.4. The molecular weight excluding hydrogens is 248 g/mol. The lowest BCUT2D eigenvalue weighted by atomic mass is 10.3. The van der Waals surface area contributed by atoms with Crippen LogP contribution in [0, 0.1) is 0 Å². The van der Waals surface area contributed by atoms with Crippen LogP contribution in [0.15, 0.2) is 41.5 Å². The maximum atomic E-state index is 10.9. The Kier molecular flexibility index (Phi) is 2.77. The van der Waals surface area contributed by atoms with Crippen molar-refractivity contribution in [2.45, 2.75) is 6.42 Å². The third-order valence-corrected chi connectivity index (χ3v) is 3.60. The lowest BCUT2D eigenvalue weighted by Gasteiger charge is -1.94. The van der Waals surface area contributed by atoms with Gasteiger partial charge >= 0.3 is 0 Å². The second kappa shape index (κ2) is 4.58. The Morgan fingerprint density at radius 3 is 2.89 bits per heavy atom. The molecule has 3 heterocycles. The lowest BCUT2D eigenvalue weighted by molar-refractivity contribution is 0.998. The Hall–Kier alpha value is -2.21. The number of rotatable bonds is 3. The molecule has 0 aliphatic rings. The van der Waals surface area contributed by atoms with Crippen LogP contribution in [0.4, 0.5) is 0 Å². The first-order valence-electron chi connectivity index (χ1n) is 5.44. The highest BCUT2D eigenvalue weighted by molar-refractivity contribution is 7.15. The van der Waals surface area contributed by atoms with Gasteiger partial charge in [-0.15, -0.1) is 11.3 Å². The van der Waals surface area contributed by atoms with Crippen molar-refractivity contribution < 1.29 is 0 Å². The van der Waals surface area contributed by atoms with Crippen LogP contribution in [0.5, 0.6) is 0 Å². The molecule has 0 fully saturated rings. The fourth-order valence-electron chi connectivity index (χ4n) is 1.65. The number of hydrogen-bond donors (Lipinski definition) is 2. The first-order valence-corrected chi connectivity index (χ1v) is 6.26. The summed E-state index contributed by atoms with van der Waals surface area (Å²) in [5.41, 5.74) is 0.594. The molecule has 0 saturated carbocycles. The van der Waals surface area contributed by atoms with Crippen molar-refractivity contribution in [2.24, 2.45) is 0 Å². The van der Waals surface area contributed by atoms with E-state index in [2.05, 4.69) is 26.2 Å². The van der Waals surface area contributed by atoms with Gasteiger partial charge in [0.2, 0.25) is 0 Å². The first-order chi connectivity index (χ1) is 8.81. The van der Waals surface area contributed by atoms with Gasteiger partial charge in [0.25, 0.3) is 5.56 Å². The molecule has 0 unspecified atom stereocenters. The van der Waals surface area contributed by atoms with E-state index in [-0.39, 0.29) is 5.56 Å². The summed E-state index contributed by atoms with van der Waals surface area (Å²) in [6.45, 7) is 0. The Balaban J connectivity index is 1.85. The molecular formula is C12H10N4OS. The van der Waals surface area contributed by atoms with Crippen LogP contribution in [-0.4, -0.2) is 20.2 Å². The number of hydrogen-bond acceptors (Lipinski definition) is 4. The normalized spacial score (nSPS) is 10.7. The number of thiophene rings is 1. The topological polar surface area (TPSA) is 74.4 Å². The van der Waals surface area contributed by atoms with Crippen LogP contribution in [0.3, 0.4) is 0 Å². The van der Waals surface area contributed by atoms with Gasteiger partial charge in [0.15, 0.2) is 0 Å². The highest BCUT2D eigenvalue weighted by atomic mass is 32.1. The summed E-state index contributed by atoms with van der Waals surface area (Å²) in [4.78, 5) is 20.4. The Bertz CT molecular complexity index is 678. The summed E-state index contributed by atoms with van der Waals surface area (Å²) in [5, 5.41) is 6.44. The minimum atomic E-state index is -0.189. The van der Waals surface area contributed by atoms with E-state index >= 15 is 0 Å². The molecule has 0 aromatic carbocycles. The van der Waals surface area contributed by atoms with E-state index in [9.17, 15) is 4.79 Å². The van der Waals surface area contributed by atoms with Crippen LogP contribution < -0.4 is 5.56 Å². The molecule has 0 saturated heterocycles. The Labute approximate surface area is 107 Å². The molecule has 3 rings (SSSR count). The molecule has 6 heteroatoms. The van der Waals surface area contributed by atoms with Crippen molar-refractivity contribution >= 4 is 11.3 Å². The Morgan fingerprint density at radius 2 is 2.17 bits per heavy atom. The lowest BCUT2D eigenvalue weighted by Crippen LogP contribution is -2.05. The number of aromatic amines is 2. The summed E-state index contributed by atoms with van der Waals surface area (Å²) in [5.74, 6) is 0.942. The average Bonchev–Trinajstić information content (AvgIpc) is 3.02. The zero-order valence-electron chi connectivity index (χ0n) is 9.38. The van der Waals surface area contributed by atoms with Gasteiger partial charge in [-0.1, -0.05) is 0 Å². The molecule has 5 nitrogen and oxygen atoms in total. The minimum absolute atomic E-state index is 0.189. The fourth-order valence-corrected chi connectivity index (χ4v) is 2.63. The predicted molar refractivity (Wildman–Crippen MR) is 69.6 cm³/mol. The van der Waals surface area contributed by atoms with Crippen LogP contribution in [0.1, 0.15) is 10.7 Å². The number of nitrogens with zero attached hydrogens (tertiary/aromatic N) is 2. The van der Waals surface area contributed by atoms with E-state index < -0.39 is 0 Å². The summed E-state index contributed by atoms with van der Waals surface area (Å²) in [6, 6.07) is 7.26. The van der Waals surface area contributed by atoms with E-state index in [0.717, 1.165) is 22.8 Å². The monoisotopic (exact) mass is 258 g/mol. The van der Waals surface area contributed by atoms with Gasteiger partial charge < -0.3 is 4.98 Å². The van der Waals surface area contributed by atoms with Crippen molar-refractivity contribution in [1.82, 2.24) is 20.2 Å². The van der Waals surface area contributed by atoms with Crippen molar-refractivity contribution in [3.8, 4) is 10.6 Å². The van der Waals surface area contributed by atoms with Crippen molar-refractivity contribution in [3.05, 3.63) is 57.7 Å². The zero-order valence-corrected chi connectivity index (χ0v) is 10.2. The van der Waals surface area contributed by atoms with Gasteiger partial charge in [0, 0.05) is 29.8 Å². The van der Waals surface area contributed by atoms with Crippen molar-refractivity contribution in [2.75, 3.05) is 0 Å². The largest absolute Gasteiger partial charge is 0.348 e. The van der Waals surface area contributed by atoms with E-state index in [1.807, 2.05) is 12.3 Å². The number of H-pyrrole nitrogens is 2. The molecule has 2 N–H and O–H groups in total. The molecule has 0 bridgehead atoms. The Morgan fingerprint density at radius 1 is 1.22 bits per heavy atom. The maximum Gasteiger partial charge on any atom is 0.264 e. The second-order valence-corrected chi connectivity index (χ2v) is 4.95. The molecule has 18 heavy (non-hydrogen) atoms.